The van der Waals surface area contributed by atoms with Crippen LogP contribution in [-0.4, -0.2) is 6.54 Å². The first-order valence-electron chi connectivity index (χ1n) is 4.46. The van der Waals surface area contributed by atoms with Crippen molar-refractivity contribution in [3.63, 3.8) is 0 Å². The first-order valence-corrected chi connectivity index (χ1v) is 4.46. The van der Waals surface area contributed by atoms with E-state index in [1.54, 1.807) is 0 Å². The smallest absolute Gasteiger partial charge is 0.0635 e. The lowest BCUT2D eigenvalue weighted by Crippen LogP contribution is -2.13. The van der Waals surface area contributed by atoms with E-state index in [1.165, 1.54) is 11.1 Å². The number of hydrogen-bond donors (Lipinski definition) is 1. The molecule has 13 heavy (non-hydrogen) atoms. The van der Waals surface area contributed by atoms with Gasteiger partial charge in [-0.05, 0) is 12.5 Å². The van der Waals surface area contributed by atoms with Crippen molar-refractivity contribution < 1.29 is 0 Å². The highest BCUT2D eigenvalue weighted by molar-refractivity contribution is 5.20. The van der Waals surface area contributed by atoms with Crippen LogP contribution in [0, 0.1) is 18.3 Å². The summed E-state index contributed by atoms with van der Waals surface area (Å²) >= 11 is 0. The Morgan fingerprint density at radius 1 is 1.31 bits per heavy atom. The first kappa shape index (κ1) is 9.76. The first-order chi connectivity index (χ1) is 6.33. The maximum Gasteiger partial charge on any atom is 0.0635 e. The van der Waals surface area contributed by atoms with Crippen molar-refractivity contribution in [2.45, 2.75) is 19.9 Å². The molecule has 0 bridgehead atoms. The molecule has 0 amide bonds. The van der Waals surface area contributed by atoms with Crippen LogP contribution in [0.15, 0.2) is 24.3 Å². The van der Waals surface area contributed by atoms with E-state index in [0.717, 1.165) is 13.1 Å². The van der Waals surface area contributed by atoms with Crippen molar-refractivity contribution >= 4 is 0 Å². The van der Waals surface area contributed by atoms with Gasteiger partial charge in [-0.2, -0.15) is 5.26 Å². The summed E-state index contributed by atoms with van der Waals surface area (Å²) in [7, 11) is 0. The summed E-state index contributed by atoms with van der Waals surface area (Å²) in [6.45, 7) is 3.69. The van der Waals surface area contributed by atoms with Crippen LogP contribution in [0.25, 0.3) is 0 Å². The molecule has 0 spiro atoms. The molecule has 0 fully saturated rings. The Morgan fingerprint density at radius 3 is 2.62 bits per heavy atom. The lowest BCUT2D eigenvalue weighted by Gasteiger charge is -2.02. The number of nitrogens with zero attached hydrogens (tertiary/aromatic N) is 1. The van der Waals surface area contributed by atoms with E-state index in [4.69, 9.17) is 5.26 Å². The van der Waals surface area contributed by atoms with Gasteiger partial charge in [0, 0.05) is 19.5 Å². The molecule has 0 aliphatic carbocycles. The molecule has 0 unspecified atom stereocenters. The summed E-state index contributed by atoms with van der Waals surface area (Å²) in [6, 6.07) is 10.5. The Morgan fingerprint density at radius 2 is 2.00 bits per heavy atom. The average molecular weight is 174 g/mol. The molecule has 2 nitrogen and oxygen atoms in total. The monoisotopic (exact) mass is 174 g/mol. The van der Waals surface area contributed by atoms with Crippen LogP contribution >= 0.6 is 0 Å². The fourth-order valence-electron chi connectivity index (χ4n) is 1.08. The fraction of sp³-hybridized carbons (Fsp3) is 0.364. The van der Waals surface area contributed by atoms with E-state index < -0.39 is 0 Å². The molecular weight excluding hydrogens is 160 g/mol. The molecule has 0 saturated carbocycles. The predicted molar refractivity (Wildman–Crippen MR) is 53.1 cm³/mol. The summed E-state index contributed by atoms with van der Waals surface area (Å²) in [4.78, 5) is 0. The zero-order chi connectivity index (χ0) is 9.52. The fourth-order valence-corrected chi connectivity index (χ4v) is 1.08. The van der Waals surface area contributed by atoms with Crippen LogP contribution in [0.2, 0.25) is 0 Å². The van der Waals surface area contributed by atoms with Crippen molar-refractivity contribution in [2.24, 2.45) is 0 Å². The normalized spacial score (nSPS) is 9.54. The van der Waals surface area contributed by atoms with Crippen molar-refractivity contribution in [1.82, 2.24) is 5.32 Å². The molecule has 0 saturated heterocycles. The Labute approximate surface area is 79.2 Å². The number of aryl methyl sites for hydroxylation is 1. The Hall–Kier alpha value is -1.33. The van der Waals surface area contributed by atoms with E-state index >= 15 is 0 Å². The summed E-state index contributed by atoms with van der Waals surface area (Å²) in [6.07, 6.45) is 0.575. The average Bonchev–Trinajstić information content (AvgIpc) is 2.15. The van der Waals surface area contributed by atoms with E-state index in [1.807, 2.05) is 0 Å². The molecule has 0 heterocycles. The van der Waals surface area contributed by atoms with Gasteiger partial charge < -0.3 is 5.32 Å². The maximum absolute atomic E-state index is 8.31. The van der Waals surface area contributed by atoms with Crippen molar-refractivity contribution in [1.29, 1.82) is 5.26 Å². The Kier molecular flexibility index (Phi) is 4.01. The number of nitrogens with one attached hydrogen (secondary N) is 1. The molecule has 1 N–H and O–H groups in total. The van der Waals surface area contributed by atoms with Crippen LogP contribution < -0.4 is 5.32 Å². The van der Waals surface area contributed by atoms with Gasteiger partial charge in [0.2, 0.25) is 0 Å². The number of nitriles is 1. The van der Waals surface area contributed by atoms with Gasteiger partial charge in [0.05, 0.1) is 6.07 Å². The molecule has 1 aromatic carbocycles. The zero-order valence-corrected chi connectivity index (χ0v) is 7.88. The SMILES string of the molecule is Cc1ccc(CNCCC#N)cc1. The topological polar surface area (TPSA) is 35.8 Å². The van der Waals surface area contributed by atoms with Gasteiger partial charge in [-0.25, -0.2) is 0 Å². The summed E-state index contributed by atoms with van der Waals surface area (Å²) in [5, 5.41) is 11.5. The highest BCUT2D eigenvalue weighted by Crippen LogP contribution is 2.02. The minimum atomic E-state index is 0.575. The molecule has 68 valence electrons. The largest absolute Gasteiger partial charge is 0.312 e. The van der Waals surface area contributed by atoms with Crippen molar-refractivity contribution in [3.05, 3.63) is 35.4 Å². The molecule has 2 heteroatoms. The molecule has 0 radical (unpaired) electrons. The van der Waals surface area contributed by atoms with Gasteiger partial charge in [-0.15, -0.1) is 0 Å². The highest BCUT2D eigenvalue weighted by atomic mass is 14.8. The summed E-state index contributed by atoms with van der Waals surface area (Å²) < 4.78 is 0. The summed E-state index contributed by atoms with van der Waals surface area (Å²) in [5.74, 6) is 0. The van der Waals surface area contributed by atoms with Gasteiger partial charge in [0.25, 0.3) is 0 Å². The van der Waals surface area contributed by atoms with Crippen LogP contribution in [0.3, 0.4) is 0 Å². The van der Waals surface area contributed by atoms with Crippen molar-refractivity contribution in [2.75, 3.05) is 6.54 Å². The highest BCUT2D eigenvalue weighted by Gasteiger charge is 1.90. The third kappa shape index (κ3) is 3.73. The molecule has 0 aliphatic rings. The number of hydrogen-bond acceptors (Lipinski definition) is 2. The number of rotatable bonds is 4. The molecular formula is C11H14N2. The van der Waals surface area contributed by atoms with Gasteiger partial charge >= 0.3 is 0 Å². The Balaban J connectivity index is 2.30. The third-order valence-corrected chi connectivity index (χ3v) is 1.86. The molecule has 0 atom stereocenters. The van der Waals surface area contributed by atoms with Crippen molar-refractivity contribution in [3.8, 4) is 6.07 Å². The standard InChI is InChI=1S/C11H14N2/c1-10-3-5-11(6-4-10)9-13-8-2-7-12/h3-6,13H,2,8-9H2,1H3. The van der Waals surface area contributed by atoms with Gasteiger partial charge in [-0.3, -0.25) is 0 Å². The van der Waals surface area contributed by atoms with Crippen LogP contribution in [0.1, 0.15) is 17.5 Å². The quantitative estimate of drug-likeness (QED) is 0.709. The van der Waals surface area contributed by atoms with E-state index in [9.17, 15) is 0 Å². The Bertz CT molecular complexity index is 282. The molecule has 1 rings (SSSR count). The van der Waals surface area contributed by atoms with E-state index in [2.05, 4.69) is 42.6 Å². The summed E-state index contributed by atoms with van der Waals surface area (Å²) in [5.41, 5.74) is 2.55. The maximum atomic E-state index is 8.31. The lowest BCUT2D eigenvalue weighted by molar-refractivity contribution is 0.699. The minimum absolute atomic E-state index is 0.575. The van der Waals surface area contributed by atoms with E-state index in [-0.39, 0.29) is 0 Å². The third-order valence-electron chi connectivity index (χ3n) is 1.86. The van der Waals surface area contributed by atoms with E-state index in [0.29, 0.717) is 6.42 Å². The second-order valence-corrected chi connectivity index (χ2v) is 3.07. The minimum Gasteiger partial charge on any atom is -0.312 e. The predicted octanol–water partition coefficient (Wildman–Crippen LogP) is 2.00. The molecule has 1 aromatic rings. The van der Waals surface area contributed by atoms with Crippen LogP contribution in [0.5, 0.6) is 0 Å². The van der Waals surface area contributed by atoms with Gasteiger partial charge in [0.1, 0.15) is 0 Å². The lowest BCUT2D eigenvalue weighted by atomic mass is 10.1. The zero-order valence-electron chi connectivity index (χ0n) is 7.88. The molecule has 0 aromatic heterocycles. The number of benzene rings is 1. The molecule has 0 aliphatic heterocycles. The van der Waals surface area contributed by atoms with Gasteiger partial charge in [0.15, 0.2) is 0 Å². The van der Waals surface area contributed by atoms with Crippen LogP contribution in [-0.2, 0) is 6.54 Å². The van der Waals surface area contributed by atoms with Crippen LogP contribution in [0.4, 0.5) is 0 Å². The second-order valence-electron chi connectivity index (χ2n) is 3.07. The van der Waals surface area contributed by atoms with Gasteiger partial charge in [-0.1, -0.05) is 29.8 Å². The second kappa shape index (κ2) is 5.34.